The molecule has 0 spiro atoms. The van der Waals surface area contributed by atoms with E-state index in [0.29, 0.717) is 19.4 Å². The van der Waals surface area contributed by atoms with Gasteiger partial charge in [-0.1, -0.05) is 0 Å². The van der Waals surface area contributed by atoms with E-state index in [-0.39, 0.29) is 6.54 Å². The third-order valence-electron chi connectivity index (χ3n) is 1.87. The Hall–Kier alpha value is -1.10. The lowest BCUT2D eigenvalue weighted by molar-refractivity contribution is -0.157. The molecule has 0 bridgehead atoms. The molecule has 1 amide bonds. The van der Waals surface area contributed by atoms with Gasteiger partial charge in [0.15, 0.2) is 0 Å². The molecule has 1 rings (SSSR count). The minimum absolute atomic E-state index is 0.144. The Morgan fingerprint density at radius 1 is 1.42 bits per heavy atom. The molecule has 0 aromatic carbocycles. The van der Waals surface area contributed by atoms with Crippen LogP contribution in [-0.2, 0) is 9.59 Å². The number of aliphatic hydroxyl groups is 1. The van der Waals surface area contributed by atoms with Crippen LogP contribution < -0.4 is 0 Å². The van der Waals surface area contributed by atoms with Crippen molar-refractivity contribution >= 4 is 11.9 Å². The highest BCUT2D eigenvalue weighted by Crippen LogP contribution is 2.09. The van der Waals surface area contributed by atoms with Gasteiger partial charge in [-0.3, -0.25) is 4.79 Å². The first kappa shape index (κ1) is 8.99. The number of aliphatic hydroxyl groups excluding tert-OH is 1. The number of carboxylic acid groups (broad SMARTS) is 1. The first-order chi connectivity index (χ1) is 5.61. The Labute approximate surface area is 69.6 Å². The SMILES string of the molecule is O=C(O)C(=O)N1CCCC(O)C1. The molecule has 5 heteroatoms. The monoisotopic (exact) mass is 173 g/mol. The number of β-amino-alcohol motifs (C(OH)–C–C–N with tert-alkyl or cyclic N) is 1. The fourth-order valence-electron chi connectivity index (χ4n) is 1.27. The second kappa shape index (κ2) is 3.53. The quantitative estimate of drug-likeness (QED) is 0.463. The highest BCUT2D eigenvalue weighted by Gasteiger charge is 2.25. The smallest absolute Gasteiger partial charge is 0.394 e. The Balaban J connectivity index is 2.51. The van der Waals surface area contributed by atoms with Crippen molar-refractivity contribution in [1.82, 2.24) is 4.90 Å². The number of carbonyl (C=O) groups excluding carboxylic acids is 1. The molecule has 12 heavy (non-hydrogen) atoms. The van der Waals surface area contributed by atoms with Gasteiger partial charge < -0.3 is 15.1 Å². The fourth-order valence-corrected chi connectivity index (χ4v) is 1.27. The van der Waals surface area contributed by atoms with E-state index in [4.69, 9.17) is 10.2 Å². The van der Waals surface area contributed by atoms with Crippen molar-refractivity contribution in [3.8, 4) is 0 Å². The summed E-state index contributed by atoms with van der Waals surface area (Å²) in [6.07, 6.45) is 0.742. The summed E-state index contributed by atoms with van der Waals surface area (Å²) in [5, 5.41) is 17.5. The molecule has 1 unspecified atom stereocenters. The first-order valence-corrected chi connectivity index (χ1v) is 3.81. The molecule has 5 nitrogen and oxygen atoms in total. The fraction of sp³-hybridized carbons (Fsp3) is 0.714. The van der Waals surface area contributed by atoms with Crippen molar-refractivity contribution in [3.63, 3.8) is 0 Å². The zero-order valence-electron chi connectivity index (χ0n) is 6.56. The van der Waals surface area contributed by atoms with Gasteiger partial charge in [-0.2, -0.15) is 0 Å². The molecule has 1 aliphatic rings. The third kappa shape index (κ3) is 1.94. The largest absolute Gasteiger partial charge is 0.474 e. The molecule has 0 aromatic heterocycles. The lowest BCUT2D eigenvalue weighted by atomic mass is 10.1. The van der Waals surface area contributed by atoms with Gasteiger partial charge in [0.2, 0.25) is 0 Å². The second-order valence-electron chi connectivity index (χ2n) is 2.85. The van der Waals surface area contributed by atoms with Gasteiger partial charge in [-0.15, -0.1) is 0 Å². The number of likely N-dealkylation sites (tertiary alicyclic amines) is 1. The van der Waals surface area contributed by atoms with Gasteiger partial charge in [0.05, 0.1) is 6.10 Å². The minimum atomic E-state index is -1.45. The van der Waals surface area contributed by atoms with Crippen molar-refractivity contribution in [1.29, 1.82) is 0 Å². The van der Waals surface area contributed by atoms with E-state index < -0.39 is 18.0 Å². The van der Waals surface area contributed by atoms with Crippen LogP contribution in [0.15, 0.2) is 0 Å². The van der Waals surface area contributed by atoms with Crippen LogP contribution in [-0.4, -0.2) is 46.2 Å². The van der Waals surface area contributed by atoms with Crippen LogP contribution in [0.5, 0.6) is 0 Å². The van der Waals surface area contributed by atoms with Crippen molar-refractivity contribution in [2.24, 2.45) is 0 Å². The van der Waals surface area contributed by atoms with E-state index in [9.17, 15) is 9.59 Å². The summed E-state index contributed by atoms with van der Waals surface area (Å²) in [7, 11) is 0. The van der Waals surface area contributed by atoms with Crippen LogP contribution in [0, 0.1) is 0 Å². The molecule has 1 fully saturated rings. The minimum Gasteiger partial charge on any atom is -0.474 e. The summed E-state index contributed by atoms with van der Waals surface area (Å²) in [5.41, 5.74) is 0. The molecule has 0 aliphatic carbocycles. The maximum Gasteiger partial charge on any atom is 0.394 e. The first-order valence-electron chi connectivity index (χ1n) is 3.81. The van der Waals surface area contributed by atoms with Gasteiger partial charge in [0, 0.05) is 13.1 Å². The summed E-state index contributed by atoms with van der Waals surface area (Å²) in [4.78, 5) is 22.3. The lowest BCUT2D eigenvalue weighted by Gasteiger charge is -2.28. The summed E-state index contributed by atoms with van der Waals surface area (Å²) in [6.45, 7) is 0.577. The van der Waals surface area contributed by atoms with Gasteiger partial charge in [0.1, 0.15) is 0 Å². The van der Waals surface area contributed by atoms with Gasteiger partial charge in [-0.05, 0) is 12.8 Å². The molecule has 1 aliphatic heterocycles. The van der Waals surface area contributed by atoms with Crippen molar-refractivity contribution in [3.05, 3.63) is 0 Å². The van der Waals surface area contributed by atoms with Gasteiger partial charge in [-0.25, -0.2) is 4.79 Å². The van der Waals surface area contributed by atoms with Crippen LogP contribution in [0.4, 0.5) is 0 Å². The number of hydrogen-bond acceptors (Lipinski definition) is 3. The number of carbonyl (C=O) groups is 2. The number of piperidine rings is 1. The molecule has 1 atom stereocenters. The zero-order chi connectivity index (χ0) is 9.14. The normalized spacial score (nSPS) is 23.8. The maximum atomic E-state index is 10.9. The molecule has 68 valence electrons. The zero-order valence-corrected chi connectivity index (χ0v) is 6.56. The van der Waals surface area contributed by atoms with Crippen LogP contribution in [0.3, 0.4) is 0 Å². The Morgan fingerprint density at radius 3 is 2.58 bits per heavy atom. The van der Waals surface area contributed by atoms with E-state index in [1.807, 2.05) is 0 Å². The Bertz CT molecular complexity index is 204. The number of amides is 1. The number of rotatable bonds is 0. The Kier molecular flexibility index (Phi) is 2.65. The molecule has 0 radical (unpaired) electrons. The number of hydrogen-bond donors (Lipinski definition) is 2. The maximum absolute atomic E-state index is 10.9. The molecule has 1 saturated heterocycles. The van der Waals surface area contributed by atoms with Gasteiger partial charge in [0.25, 0.3) is 0 Å². The third-order valence-corrected chi connectivity index (χ3v) is 1.87. The van der Waals surface area contributed by atoms with Crippen LogP contribution >= 0.6 is 0 Å². The summed E-state index contributed by atoms with van der Waals surface area (Å²) < 4.78 is 0. The van der Waals surface area contributed by atoms with E-state index in [2.05, 4.69) is 0 Å². The van der Waals surface area contributed by atoms with E-state index in [1.165, 1.54) is 0 Å². The number of nitrogens with zero attached hydrogens (tertiary/aromatic N) is 1. The van der Waals surface area contributed by atoms with Crippen LogP contribution in [0.25, 0.3) is 0 Å². The van der Waals surface area contributed by atoms with Crippen molar-refractivity contribution in [2.45, 2.75) is 18.9 Å². The van der Waals surface area contributed by atoms with E-state index in [1.54, 1.807) is 0 Å². The summed E-state index contributed by atoms with van der Waals surface area (Å²) >= 11 is 0. The van der Waals surface area contributed by atoms with E-state index >= 15 is 0 Å². The highest BCUT2D eigenvalue weighted by molar-refractivity contribution is 6.31. The standard InChI is InChI=1S/C7H11NO4/c9-5-2-1-3-8(4-5)6(10)7(11)12/h5,9H,1-4H2,(H,11,12). The average molecular weight is 173 g/mol. The molecule has 1 heterocycles. The predicted octanol–water partition coefficient (Wildman–Crippen LogP) is -0.946. The number of aliphatic carboxylic acids is 1. The molecular weight excluding hydrogens is 162 g/mol. The van der Waals surface area contributed by atoms with Crippen LogP contribution in [0.1, 0.15) is 12.8 Å². The molecule has 0 aromatic rings. The average Bonchev–Trinajstić information content (AvgIpc) is 2.03. The van der Waals surface area contributed by atoms with E-state index in [0.717, 1.165) is 4.90 Å². The van der Waals surface area contributed by atoms with Crippen LogP contribution in [0.2, 0.25) is 0 Å². The second-order valence-corrected chi connectivity index (χ2v) is 2.85. The molecular formula is C7H11NO4. The Morgan fingerprint density at radius 2 is 2.08 bits per heavy atom. The number of carboxylic acids is 1. The summed E-state index contributed by atoms with van der Waals surface area (Å²) in [5.74, 6) is -2.38. The molecule has 2 N–H and O–H groups in total. The molecule has 0 saturated carbocycles. The highest BCUT2D eigenvalue weighted by atomic mass is 16.4. The predicted molar refractivity (Wildman–Crippen MR) is 39.5 cm³/mol. The summed E-state index contributed by atoms with van der Waals surface area (Å²) in [6, 6.07) is 0. The van der Waals surface area contributed by atoms with Crippen molar-refractivity contribution in [2.75, 3.05) is 13.1 Å². The van der Waals surface area contributed by atoms with Gasteiger partial charge >= 0.3 is 11.9 Å². The lowest BCUT2D eigenvalue weighted by Crippen LogP contribution is -2.45. The van der Waals surface area contributed by atoms with Crippen molar-refractivity contribution < 1.29 is 19.8 Å². The topological polar surface area (TPSA) is 77.8 Å².